The smallest absolute Gasteiger partial charge is 0.550 e. The number of unbranched alkanes of at least 4 members (excludes halogenated alkanes) is 70. The summed E-state index contributed by atoms with van der Waals surface area (Å²) in [7, 11) is -2.36. The predicted octanol–water partition coefficient (Wildman–Crippen LogP) is 29.2. The van der Waals surface area contributed by atoms with Gasteiger partial charge in [0.2, 0.25) is 0 Å². The van der Waals surface area contributed by atoms with Crippen molar-refractivity contribution in [3.05, 3.63) is 0 Å². The van der Waals surface area contributed by atoms with Gasteiger partial charge in [0.05, 0.1) is 0 Å². The van der Waals surface area contributed by atoms with E-state index in [0.29, 0.717) is 0 Å². The van der Waals surface area contributed by atoms with Crippen LogP contribution in [0.25, 0.3) is 0 Å². The van der Waals surface area contributed by atoms with Crippen molar-refractivity contribution in [2.24, 2.45) is 0 Å². The first-order valence-corrected chi connectivity index (χ1v) is 46.5. The van der Waals surface area contributed by atoms with Gasteiger partial charge in [-0.3, -0.25) is 14.4 Å². The molecule has 0 radical (unpaired) electrons. The summed E-state index contributed by atoms with van der Waals surface area (Å²) >= 11 is 0. The predicted molar refractivity (Wildman–Crippen MR) is 439 cm³/mol. The molecule has 102 heavy (non-hydrogen) atoms. The van der Waals surface area contributed by atoms with Gasteiger partial charge in [-0.25, -0.2) is 0 Å². The topological polar surface area (TPSA) is 159 Å². The second-order valence-electron chi connectivity index (χ2n) is 30.9. The molecular formula is C90H175CaO10P. The molecule has 0 fully saturated rings. The van der Waals surface area contributed by atoms with Gasteiger partial charge in [-0.1, -0.05) is 484 Å². The second-order valence-corrected chi connectivity index (χ2v) is 31.9. The van der Waals surface area contributed by atoms with E-state index in [1.807, 2.05) is 0 Å². The minimum atomic E-state index is -2.36. The summed E-state index contributed by atoms with van der Waals surface area (Å²) in [5.41, 5.74) is 0. The Morgan fingerprint density at radius 3 is 0.382 bits per heavy atom. The Labute approximate surface area is 667 Å². The van der Waals surface area contributed by atoms with Crippen molar-refractivity contribution in [3.8, 4) is 0 Å². The van der Waals surface area contributed by atoms with Crippen LogP contribution in [0, 0.1) is 0 Å². The molecule has 0 N–H and O–H groups in total. The van der Waals surface area contributed by atoms with Crippen LogP contribution in [0.2, 0.25) is 0 Å². The Hall–Kier alpha value is -0.960. The van der Waals surface area contributed by atoms with E-state index < -0.39 is 38.4 Å². The number of carboxylic acids is 2. The van der Waals surface area contributed by atoms with Crippen molar-refractivity contribution in [1.82, 2.24) is 0 Å². The first-order chi connectivity index (χ1) is 49.6. The molecule has 0 atom stereocenters. The van der Waals surface area contributed by atoms with Crippen LogP contribution in [0.3, 0.4) is 0 Å². The van der Waals surface area contributed by atoms with E-state index in [2.05, 4.69) is 34.6 Å². The number of rotatable bonds is 83. The first-order valence-electron chi connectivity index (χ1n) is 45.4. The number of carbonyl (C=O) groups is 5. The largest absolute Gasteiger partial charge is 2.00 e. The van der Waals surface area contributed by atoms with Crippen LogP contribution in [-0.2, 0) is 37.5 Å². The molecule has 0 saturated heterocycles. The summed E-state index contributed by atoms with van der Waals surface area (Å²) < 4.78 is 16.5. The number of hydrogen-bond acceptors (Lipinski definition) is 10. The van der Waals surface area contributed by atoms with Gasteiger partial charge >= 0.3 is 64.2 Å². The third kappa shape index (κ3) is 103. The van der Waals surface area contributed by atoms with Gasteiger partial charge in [0.25, 0.3) is 0 Å². The molecule has 0 aromatic rings. The number of hydrogen-bond donors (Lipinski definition) is 0. The standard InChI is InChI=1S/C54H105O6P.2C18H36O2.Ca/c1-4-7-10-13-16-19-22-25-28-31-34-37-40-43-46-49-52(55)58-61(59-53(56)50-47-44-41-38-35-32-29-26-23-20-17-14-11-8-5-2)60-54(57)51-48-45-42-39-36-33-30-27-24-21-18-15-12-9-6-3;2*1-2-3-4-5-6-7-8-9-10-11-12-13-14-15-16-17-18(19)20;/h4-51H2,1-3H3;2*2-17H2,1H3,(H,19,20);/q;;;+2/p-2. The fraction of sp³-hybridized carbons (Fsp3) is 0.944. The number of carboxylic acid groups (broad SMARTS) is 2. The minimum absolute atomic E-state index is 0. The Kier molecular flexibility index (Phi) is 103. The summed E-state index contributed by atoms with van der Waals surface area (Å²) in [5.74, 6) is -3.14. The summed E-state index contributed by atoms with van der Waals surface area (Å²) in [4.78, 5) is 58.8. The Morgan fingerprint density at radius 2 is 0.275 bits per heavy atom. The van der Waals surface area contributed by atoms with Crippen molar-refractivity contribution in [2.75, 3.05) is 0 Å². The molecule has 0 amide bonds. The minimum Gasteiger partial charge on any atom is -0.550 e. The Balaban J connectivity index is -0.000000944. The quantitative estimate of drug-likeness (QED) is 0.0326. The van der Waals surface area contributed by atoms with Crippen LogP contribution in [0.4, 0.5) is 0 Å². The maximum absolute atomic E-state index is 12.8. The van der Waals surface area contributed by atoms with Crippen LogP contribution >= 0.6 is 8.60 Å². The van der Waals surface area contributed by atoms with Crippen molar-refractivity contribution in [1.29, 1.82) is 0 Å². The monoisotopic (exact) mass is 1490 g/mol. The van der Waals surface area contributed by atoms with Crippen LogP contribution in [-0.4, -0.2) is 67.6 Å². The van der Waals surface area contributed by atoms with E-state index in [-0.39, 0.29) is 69.8 Å². The van der Waals surface area contributed by atoms with Crippen molar-refractivity contribution < 1.29 is 47.8 Å². The van der Waals surface area contributed by atoms with Crippen LogP contribution < -0.4 is 10.2 Å². The molecule has 0 heterocycles. The zero-order chi connectivity index (χ0) is 74.2. The fourth-order valence-corrected chi connectivity index (χ4v) is 14.5. The molecule has 0 rings (SSSR count). The van der Waals surface area contributed by atoms with Crippen LogP contribution in [0.1, 0.15) is 548 Å². The van der Waals surface area contributed by atoms with Gasteiger partial charge in [0, 0.05) is 31.2 Å². The van der Waals surface area contributed by atoms with Crippen LogP contribution in [0.15, 0.2) is 0 Å². The summed E-state index contributed by atoms with van der Waals surface area (Å²) in [6, 6.07) is 0. The van der Waals surface area contributed by atoms with Crippen molar-refractivity contribution >= 4 is 76.2 Å². The maximum atomic E-state index is 12.8. The average molecular weight is 1490 g/mol. The molecule has 10 nitrogen and oxygen atoms in total. The van der Waals surface area contributed by atoms with Gasteiger partial charge in [-0.05, 0) is 44.9 Å². The third-order valence-corrected chi connectivity index (χ3v) is 21.5. The van der Waals surface area contributed by atoms with Crippen molar-refractivity contribution in [2.45, 2.75) is 548 Å². The SMILES string of the molecule is CCCCCCCCCCCCCCCCCC(=O)OP(OC(=O)CCCCCCCCCCCCCCCCC)OC(=O)CCCCCCCCCCCCCCCCC.CCCCCCCCCCCCCCCCCC(=O)[O-].CCCCCCCCCCCCCCCCCC(=O)[O-].[Ca+2]. The summed E-state index contributed by atoms with van der Waals surface area (Å²) in [6.07, 6.45) is 97.3. The van der Waals surface area contributed by atoms with E-state index in [4.69, 9.17) is 13.6 Å². The van der Waals surface area contributed by atoms with E-state index >= 15 is 0 Å². The number of aliphatic carboxylic acids is 2. The molecule has 0 aliphatic heterocycles. The second kappa shape index (κ2) is 98.0. The molecule has 0 aliphatic carbocycles. The molecule has 602 valence electrons. The fourth-order valence-electron chi connectivity index (χ4n) is 13.6. The molecule has 0 unspecified atom stereocenters. The number of carbonyl (C=O) groups excluding carboxylic acids is 5. The molecule has 12 heteroatoms. The zero-order valence-corrected chi connectivity index (χ0v) is 72.4. The van der Waals surface area contributed by atoms with E-state index in [0.717, 1.165) is 83.5 Å². The normalized spacial score (nSPS) is 11.1. The molecule has 0 bridgehead atoms. The zero-order valence-electron chi connectivity index (χ0n) is 69.3. The first kappa shape index (κ1) is 107. The van der Waals surface area contributed by atoms with Crippen molar-refractivity contribution in [3.63, 3.8) is 0 Å². The van der Waals surface area contributed by atoms with E-state index in [1.54, 1.807) is 0 Å². The Bertz CT molecular complexity index is 1480. The third-order valence-electron chi connectivity index (χ3n) is 20.5. The van der Waals surface area contributed by atoms with E-state index in [9.17, 15) is 34.2 Å². The Morgan fingerprint density at radius 1 is 0.176 bits per heavy atom. The summed E-state index contributed by atoms with van der Waals surface area (Å²) in [5, 5.41) is 20.4. The molecular weight excluding hydrogens is 1310 g/mol. The molecule has 0 saturated carbocycles. The molecule has 0 aromatic heterocycles. The van der Waals surface area contributed by atoms with Gasteiger partial charge in [-0.2, -0.15) is 0 Å². The van der Waals surface area contributed by atoms with Gasteiger partial charge in [0.1, 0.15) is 0 Å². The molecule has 0 spiro atoms. The maximum Gasteiger partial charge on any atom is 2.00 e. The molecule has 0 aliphatic rings. The molecule has 0 aromatic carbocycles. The van der Waals surface area contributed by atoms with E-state index in [1.165, 1.54) is 398 Å². The summed E-state index contributed by atoms with van der Waals surface area (Å²) in [6.45, 7) is 11.4. The van der Waals surface area contributed by atoms with Crippen LogP contribution in [0.5, 0.6) is 0 Å². The average Bonchev–Trinajstić information content (AvgIpc) is 0.970. The van der Waals surface area contributed by atoms with Gasteiger partial charge < -0.3 is 33.4 Å². The van der Waals surface area contributed by atoms with Gasteiger partial charge in [0.15, 0.2) is 0 Å². The van der Waals surface area contributed by atoms with Gasteiger partial charge in [-0.15, -0.1) is 0 Å².